The lowest BCUT2D eigenvalue weighted by atomic mass is 10.1. The molecule has 0 spiro atoms. The van der Waals surface area contributed by atoms with E-state index in [1.165, 1.54) is 7.11 Å². The van der Waals surface area contributed by atoms with Gasteiger partial charge in [-0.25, -0.2) is 0 Å². The second-order valence-corrected chi connectivity index (χ2v) is 3.78. The van der Waals surface area contributed by atoms with Gasteiger partial charge >= 0.3 is 5.97 Å². The molecule has 1 atom stereocenters. The van der Waals surface area contributed by atoms with Crippen LogP contribution in [0, 0.1) is 0 Å². The Hall–Kier alpha value is -1.85. The van der Waals surface area contributed by atoms with Crippen molar-refractivity contribution in [2.24, 2.45) is 0 Å². The minimum Gasteiger partial charge on any atom is -0.480 e. The van der Waals surface area contributed by atoms with Crippen LogP contribution in [0.5, 0.6) is 0 Å². The largest absolute Gasteiger partial charge is 0.480 e. The quantitative estimate of drug-likeness (QED) is 0.682. The number of hydrogen-bond donors (Lipinski definition) is 3. The van der Waals surface area contributed by atoms with E-state index in [0.717, 1.165) is 16.5 Å². The van der Waals surface area contributed by atoms with Crippen LogP contribution in [0.1, 0.15) is 5.56 Å². The fraction of sp³-hybridized carbons (Fsp3) is 0.250. The molecule has 90 valence electrons. The molecule has 2 aromatic rings. The number of nitrogens with one attached hydrogen (secondary N) is 2. The van der Waals surface area contributed by atoms with Gasteiger partial charge in [0.1, 0.15) is 6.04 Å². The lowest BCUT2D eigenvalue weighted by molar-refractivity contribution is -0.143. The number of hydroxylamine groups is 1. The third-order valence-electron chi connectivity index (χ3n) is 2.66. The molecular weight excluding hydrogens is 220 g/mol. The maximum Gasteiger partial charge on any atom is 0.323 e. The van der Waals surface area contributed by atoms with Crippen molar-refractivity contribution >= 4 is 16.9 Å². The highest BCUT2D eigenvalue weighted by molar-refractivity contribution is 5.84. The maximum absolute atomic E-state index is 11.0. The predicted octanol–water partition coefficient (Wildman–Crippen LogP) is 1.31. The van der Waals surface area contributed by atoms with Crippen LogP contribution in [0.25, 0.3) is 10.9 Å². The van der Waals surface area contributed by atoms with Gasteiger partial charge in [-0.2, -0.15) is 5.48 Å². The molecule has 17 heavy (non-hydrogen) atoms. The molecule has 5 heteroatoms. The van der Waals surface area contributed by atoms with E-state index in [9.17, 15) is 4.79 Å². The van der Waals surface area contributed by atoms with E-state index >= 15 is 0 Å². The summed E-state index contributed by atoms with van der Waals surface area (Å²) in [6.45, 7) is 0. The first-order valence-corrected chi connectivity index (χ1v) is 5.28. The van der Waals surface area contributed by atoms with E-state index < -0.39 is 12.0 Å². The Morgan fingerprint density at radius 2 is 2.29 bits per heavy atom. The molecule has 0 saturated heterocycles. The molecule has 3 N–H and O–H groups in total. The third-order valence-corrected chi connectivity index (χ3v) is 2.66. The molecule has 0 radical (unpaired) electrons. The Balaban J connectivity index is 2.25. The van der Waals surface area contributed by atoms with Crippen LogP contribution in [-0.2, 0) is 16.1 Å². The lowest BCUT2D eigenvalue weighted by Crippen LogP contribution is -2.37. The van der Waals surface area contributed by atoms with Gasteiger partial charge in [-0.15, -0.1) is 0 Å². The average molecular weight is 234 g/mol. The minimum absolute atomic E-state index is 0.368. The molecule has 0 aliphatic carbocycles. The van der Waals surface area contributed by atoms with E-state index in [4.69, 9.17) is 5.11 Å². The van der Waals surface area contributed by atoms with Crippen LogP contribution in [0.4, 0.5) is 0 Å². The Bertz CT molecular complexity index is 521. The lowest BCUT2D eigenvalue weighted by Gasteiger charge is -2.11. The van der Waals surface area contributed by atoms with Gasteiger partial charge in [0.2, 0.25) is 0 Å². The number of rotatable bonds is 5. The molecule has 0 bridgehead atoms. The summed E-state index contributed by atoms with van der Waals surface area (Å²) in [6.07, 6.45) is 2.20. The fourth-order valence-corrected chi connectivity index (χ4v) is 1.84. The number of aromatic nitrogens is 1. The van der Waals surface area contributed by atoms with E-state index in [0.29, 0.717) is 6.42 Å². The van der Waals surface area contributed by atoms with Gasteiger partial charge in [0, 0.05) is 23.5 Å². The van der Waals surface area contributed by atoms with E-state index in [-0.39, 0.29) is 0 Å². The van der Waals surface area contributed by atoms with Gasteiger partial charge in [-0.1, -0.05) is 18.2 Å². The Labute approximate surface area is 98.4 Å². The van der Waals surface area contributed by atoms with Crippen molar-refractivity contribution in [3.63, 3.8) is 0 Å². The molecule has 0 saturated carbocycles. The number of benzene rings is 1. The first-order valence-electron chi connectivity index (χ1n) is 5.28. The molecule has 0 aliphatic heterocycles. The standard InChI is InChI=1S/C12H14N2O3/c1-17-14-11(12(15)16)6-8-7-13-10-5-3-2-4-9(8)10/h2-5,7,11,13-14H,6H2,1H3,(H,15,16). The van der Waals surface area contributed by atoms with Crippen molar-refractivity contribution in [1.82, 2.24) is 10.5 Å². The van der Waals surface area contributed by atoms with Crippen molar-refractivity contribution in [2.45, 2.75) is 12.5 Å². The van der Waals surface area contributed by atoms with Crippen LogP contribution in [-0.4, -0.2) is 29.2 Å². The summed E-state index contributed by atoms with van der Waals surface area (Å²) >= 11 is 0. The maximum atomic E-state index is 11.0. The number of carboxylic acid groups (broad SMARTS) is 1. The third kappa shape index (κ3) is 2.46. The number of aliphatic carboxylic acids is 1. The first kappa shape index (κ1) is 11.6. The number of fused-ring (bicyclic) bond motifs is 1. The zero-order chi connectivity index (χ0) is 12.3. The predicted molar refractivity (Wildman–Crippen MR) is 63.6 cm³/mol. The zero-order valence-corrected chi connectivity index (χ0v) is 9.43. The van der Waals surface area contributed by atoms with E-state index in [1.54, 1.807) is 0 Å². The average Bonchev–Trinajstić information content (AvgIpc) is 2.72. The summed E-state index contributed by atoms with van der Waals surface area (Å²) in [7, 11) is 1.41. The van der Waals surface area contributed by atoms with Gasteiger partial charge in [0.05, 0.1) is 7.11 Å². The molecule has 5 nitrogen and oxygen atoms in total. The van der Waals surface area contributed by atoms with Gasteiger partial charge in [0.15, 0.2) is 0 Å². The van der Waals surface area contributed by atoms with Crippen LogP contribution < -0.4 is 5.48 Å². The second-order valence-electron chi connectivity index (χ2n) is 3.78. The Kier molecular flexibility index (Phi) is 3.41. The normalized spacial score (nSPS) is 12.8. The van der Waals surface area contributed by atoms with E-state index in [2.05, 4.69) is 15.3 Å². The fourth-order valence-electron chi connectivity index (χ4n) is 1.84. The van der Waals surface area contributed by atoms with Crippen LogP contribution in [0.3, 0.4) is 0 Å². The SMILES string of the molecule is CONC(Cc1c[nH]c2ccccc12)C(=O)O. The summed E-state index contributed by atoms with van der Waals surface area (Å²) in [5.41, 5.74) is 4.43. The number of aromatic amines is 1. The van der Waals surface area contributed by atoms with Gasteiger partial charge in [0.25, 0.3) is 0 Å². The highest BCUT2D eigenvalue weighted by atomic mass is 16.6. The van der Waals surface area contributed by atoms with Crippen molar-refractivity contribution in [3.05, 3.63) is 36.0 Å². The molecule has 2 rings (SSSR count). The van der Waals surface area contributed by atoms with Crippen LogP contribution >= 0.6 is 0 Å². The zero-order valence-electron chi connectivity index (χ0n) is 9.43. The summed E-state index contributed by atoms with van der Waals surface area (Å²) in [5.74, 6) is -0.933. The number of carboxylic acids is 1. The van der Waals surface area contributed by atoms with Gasteiger partial charge in [-0.05, 0) is 11.6 Å². The Morgan fingerprint density at radius 3 is 3.00 bits per heavy atom. The van der Waals surface area contributed by atoms with Crippen molar-refractivity contribution < 1.29 is 14.7 Å². The van der Waals surface area contributed by atoms with Crippen molar-refractivity contribution in [3.8, 4) is 0 Å². The molecule has 0 aliphatic rings. The smallest absolute Gasteiger partial charge is 0.323 e. The molecular formula is C12H14N2O3. The van der Waals surface area contributed by atoms with Gasteiger partial charge < -0.3 is 14.9 Å². The molecule has 0 fully saturated rings. The van der Waals surface area contributed by atoms with E-state index in [1.807, 2.05) is 30.5 Å². The Morgan fingerprint density at radius 1 is 1.53 bits per heavy atom. The number of H-pyrrole nitrogens is 1. The number of carbonyl (C=O) groups is 1. The summed E-state index contributed by atoms with van der Waals surface area (Å²) < 4.78 is 0. The highest BCUT2D eigenvalue weighted by Gasteiger charge is 2.19. The summed E-state index contributed by atoms with van der Waals surface area (Å²) in [5, 5.41) is 10.1. The van der Waals surface area contributed by atoms with Crippen LogP contribution in [0.2, 0.25) is 0 Å². The number of para-hydroxylation sites is 1. The molecule has 1 heterocycles. The van der Waals surface area contributed by atoms with Gasteiger partial charge in [-0.3, -0.25) is 4.79 Å². The van der Waals surface area contributed by atoms with Crippen LogP contribution in [0.15, 0.2) is 30.5 Å². The molecule has 1 aromatic heterocycles. The monoisotopic (exact) mass is 234 g/mol. The minimum atomic E-state index is -0.933. The molecule has 0 amide bonds. The molecule has 1 unspecified atom stereocenters. The highest BCUT2D eigenvalue weighted by Crippen LogP contribution is 2.19. The second kappa shape index (κ2) is 4.99. The summed E-state index contributed by atoms with van der Waals surface area (Å²) in [6, 6.07) is 7.04. The first-order chi connectivity index (χ1) is 8.22. The molecule has 1 aromatic carbocycles. The number of hydrogen-bond acceptors (Lipinski definition) is 3. The van der Waals surface area contributed by atoms with Crippen molar-refractivity contribution in [2.75, 3.05) is 7.11 Å². The topological polar surface area (TPSA) is 74.3 Å². The summed E-state index contributed by atoms with van der Waals surface area (Å²) in [4.78, 5) is 18.8. The van der Waals surface area contributed by atoms with Crippen molar-refractivity contribution in [1.29, 1.82) is 0 Å².